The number of nitriles is 1. The third-order valence-electron chi connectivity index (χ3n) is 5.06. The molecular weight excluding hydrogens is 344 g/mol. The van der Waals surface area contributed by atoms with Crippen molar-refractivity contribution >= 4 is 17.5 Å². The van der Waals surface area contributed by atoms with Gasteiger partial charge in [-0.1, -0.05) is 18.2 Å². The molecule has 1 aromatic rings. The van der Waals surface area contributed by atoms with Crippen LogP contribution >= 0.6 is 0 Å². The average molecular weight is 370 g/mol. The predicted octanol–water partition coefficient (Wildman–Crippen LogP) is 1.26. The Morgan fingerprint density at radius 3 is 2.56 bits per heavy atom. The van der Waals surface area contributed by atoms with E-state index in [1.165, 1.54) is 0 Å². The van der Waals surface area contributed by atoms with Gasteiger partial charge in [0.15, 0.2) is 0 Å². The Hall–Kier alpha value is -2.43. The minimum Gasteiger partial charge on any atom is -0.368 e. The molecule has 2 heterocycles. The zero-order valence-corrected chi connectivity index (χ0v) is 15.5. The van der Waals surface area contributed by atoms with E-state index in [0.717, 1.165) is 18.5 Å². The fourth-order valence-electron chi connectivity index (χ4n) is 3.55. The summed E-state index contributed by atoms with van der Waals surface area (Å²) in [6.07, 6.45) is 1.77. The molecule has 0 aromatic heterocycles. The van der Waals surface area contributed by atoms with Gasteiger partial charge in [0.05, 0.1) is 19.0 Å². The molecule has 2 aliphatic heterocycles. The molecule has 0 saturated carbocycles. The van der Waals surface area contributed by atoms with E-state index in [4.69, 9.17) is 10.00 Å². The van der Waals surface area contributed by atoms with Gasteiger partial charge in [-0.2, -0.15) is 5.26 Å². The lowest BCUT2D eigenvalue weighted by Gasteiger charge is -2.36. The number of para-hydroxylation sites is 1. The van der Waals surface area contributed by atoms with Gasteiger partial charge in [-0.3, -0.25) is 14.5 Å². The Balaban J connectivity index is 1.53. The summed E-state index contributed by atoms with van der Waals surface area (Å²) in [6, 6.07) is 11.5. The molecule has 0 radical (unpaired) electrons. The van der Waals surface area contributed by atoms with Gasteiger partial charge in [-0.05, 0) is 25.0 Å². The van der Waals surface area contributed by atoms with E-state index in [2.05, 4.69) is 11.0 Å². The number of carbonyl (C=O) groups is 2. The molecule has 0 aliphatic carbocycles. The van der Waals surface area contributed by atoms with Gasteiger partial charge in [0.25, 0.3) is 5.91 Å². The second-order valence-electron chi connectivity index (χ2n) is 6.89. The SMILES string of the molecule is N#CCCN(C(=O)CN1CCN(C(=O)C2CCCO2)CC1)c1ccccc1. The van der Waals surface area contributed by atoms with Crippen LogP contribution in [0.5, 0.6) is 0 Å². The van der Waals surface area contributed by atoms with Crippen LogP contribution in [-0.4, -0.2) is 73.6 Å². The molecule has 3 rings (SSSR count). The smallest absolute Gasteiger partial charge is 0.251 e. The van der Waals surface area contributed by atoms with Crippen LogP contribution in [0.15, 0.2) is 30.3 Å². The van der Waals surface area contributed by atoms with Gasteiger partial charge in [-0.25, -0.2) is 0 Å². The van der Waals surface area contributed by atoms with Crippen LogP contribution in [-0.2, 0) is 14.3 Å². The van der Waals surface area contributed by atoms with Crippen LogP contribution in [0.4, 0.5) is 5.69 Å². The second kappa shape index (κ2) is 9.49. The molecule has 1 aromatic carbocycles. The number of nitrogens with zero attached hydrogens (tertiary/aromatic N) is 4. The highest BCUT2D eigenvalue weighted by Gasteiger charge is 2.31. The molecule has 27 heavy (non-hydrogen) atoms. The van der Waals surface area contributed by atoms with Gasteiger partial charge >= 0.3 is 0 Å². The third-order valence-corrected chi connectivity index (χ3v) is 5.06. The fourth-order valence-corrected chi connectivity index (χ4v) is 3.55. The molecule has 1 atom stereocenters. The lowest BCUT2D eigenvalue weighted by atomic mass is 10.2. The Morgan fingerprint density at radius 2 is 1.93 bits per heavy atom. The molecule has 0 spiro atoms. The summed E-state index contributed by atoms with van der Waals surface area (Å²) >= 11 is 0. The Morgan fingerprint density at radius 1 is 1.19 bits per heavy atom. The predicted molar refractivity (Wildman–Crippen MR) is 101 cm³/mol. The number of piperazine rings is 1. The van der Waals surface area contributed by atoms with E-state index < -0.39 is 0 Å². The van der Waals surface area contributed by atoms with Crippen molar-refractivity contribution < 1.29 is 14.3 Å². The van der Waals surface area contributed by atoms with Crippen molar-refractivity contribution in [1.82, 2.24) is 9.80 Å². The van der Waals surface area contributed by atoms with Gasteiger partial charge in [0.2, 0.25) is 5.91 Å². The van der Waals surface area contributed by atoms with Gasteiger partial charge < -0.3 is 14.5 Å². The average Bonchev–Trinajstić information content (AvgIpc) is 3.24. The summed E-state index contributed by atoms with van der Waals surface area (Å²) in [7, 11) is 0. The van der Waals surface area contributed by atoms with E-state index in [1.807, 2.05) is 35.2 Å². The zero-order chi connectivity index (χ0) is 19.1. The number of benzene rings is 1. The van der Waals surface area contributed by atoms with Crippen molar-refractivity contribution in [2.75, 3.05) is 50.8 Å². The van der Waals surface area contributed by atoms with Crippen molar-refractivity contribution in [3.63, 3.8) is 0 Å². The maximum Gasteiger partial charge on any atom is 0.251 e. The fraction of sp³-hybridized carbons (Fsp3) is 0.550. The molecule has 2 saturated heterocycles. The summed E-state index contributed by atoms with van der Waals surface area (Å²) in [5.41, 5.74) is 0.810. The maximum absolute atomic E-state index is 12.8. The largest absolute Gasteiger partial charge is 0.368 e. The normalized spacial score (nSPS) is 20.3. The summed E-state index contributed by atoms with van der Waals surface area (Å²) in [5.74, 6) is 0.0637. The van der Waals surface area contributed by atoms with E-state index in [-0.39, 0.29) is 17.9 Å². The molecule has 1 unspecified atom stereocenters. The first kappa shape index (κ1) is 19.3. The second-order valence-corrected chi connectivity index (χ2v) is 6.89. The van der Waals surface area contributed by atoms with Crippen LogP contribution in [0.25, 0.3) is 0 Å². The highest BCUT2D eigenvalue weighted by molar-refractivity contribution is 5.94. The van der Waals surface area contributed by atoms with Crippen LogP contribution < -0.4 is 4.90 Å². The number of carbonyl (C=O) groups excluding carboxylic acids is 2. The van der Waals surface area contributed by atoms with Crippen molar-refractivity contribution in [3.8, 4) is 6.07 Å². The molecule has 7 heteroatoms. The highest BCUT2D eigenvalue weighted by atomic mass is 16.5. The number of rotatable bonds is 6. The molecule has 2 aliphatic rings. The van der Waals surface area contributed by atoms with E-state index in [1.54, 1.807) is 4.90 Å². The van der Waals surface area contributed by atoms with Crippen LogP contribution in [0, 0.1) is 11.3 Å². The lowest BCUT2D eigenvalue weighted by Crippen LogP contribution is -2.53. The summed E-state index contributed by atoms with van der Waals surface area (Å²) in [6.45, 7) is 3.93. The van der Waals surface area contributed by atoms with Gasteiger partial charge in [0.1, 0.15) is 6.10 Å². The Kier molecular flexibility index (Phi) is 6.80. The van der Waals surface area contributed by atoms with E-state index in [9.17, 15) is 9.59 Å². The Bertz CT molecular complexity index is 674. The molecule has 2 fully saturated rings. The van der Waals surface area contributed by atoms with Crippen LogP contribution in [0.3, 0.4) is 0 Å². The first-order valence-electron chi connectivity index (χ1n) is 9.54. The Labute approximate surface area is 160 Å². The standard InChI is InChI=1S/C20H26N4O3/c21-9-5-10-24(17-6-2-1-3-7-17)19(25)16-22-11-13-23(14-12-22)20(26)18-8-4-15-27-18/h1-3,6-7,18H,4-5,8,10-16H2. The van der Waals surface area contributed by atoms with Crippen molar-refractivity contribution in [1.29, 1.82) is 5.26 Å². The van der Waals surface area contributed by atoms with Crippen LogP contribution in [0.1, 0.15) is 19.3 Å². The molecule has 2 amide bonds. The van der Waals surface area contributed by atoms with Crippen molar-refractivity contribution in [3.05, 3.63) is 30.3 Å². The first-order chi connectivity index (χ1) is 13.2. The van der Waals surface area contributed by atoms with Crippen molar-refractivity contribution in [2.24, 2.45) is 0 Å². The third kappa shape index (κ3) is 5.06. The first-order valence-corrected chi connectivity index (χ1v) is 9.54. The summed E-state index contributed by atoms with van der Waals surface area (Å²) in [5, 5.41) is 8.89. The molecule has 0 bridgehead atoms. The molecule has 7 nitrogen and oxygen atoms in total. The summed E-state index contributed by atoms with van der Waals surface area (Å²) < 4.78 is 5.49. The van der Waals surface area contributed by atoms with E-state index >= 15 is 0 Å². The number of amides is 2. The number of anilines is 1. The van der Waals surface area contributed by atoms with Crippen LogP contribution in [0.2, 0.25) is 0 Å². The summed E-state index contributed by atoms with van der Waals surface area (Å²) in [4.78, 5) is 30.8. The quantitative estimate of drug-likeness (QED) is 0.753. The minimum absolute atomic E-state index is 0.0182. The molecular formula is C20H26N4O3. The van der Waals surface area contributed by atoms with E-state index in [0.29, 0.717) is 52.3 Å². The number of hydrogen-bond acceptors (Lipinski definition) is 5. The van der Waals surface area contributed by atoms with Gasteiger partial charge in [-0.15, -0.1) is 0 Å². The topological polar surface area (TPSA) is 76.9 Å². The molecule has 144 valence electrons. The highest BCUT2D eigenvalue weighted by Crippen LogP contribution is 2.17. The zero-order valence-electron chi connectivity index (χ0n) is 15.5. The van der Waals surface area contributed by atoms with Gasteiger partial charge in [0, 0.05) is 45.0 Å². The number of ether oxygens (including phenoxy) is 1. The number of hydrogen-bond donors (Lipinski definition) is 0. The minimum atomic E-state index is -0.280. The maximum atomic E-state index is 12.8. The lowest BCUT2D eigenvalue weighted by molar-refractivity contribution is -0.142. The van der Waals surface area contributed by atoms with Crippen molar-refractivity contribution in [2.45, 2.75) is 25.4 Å². The monoisotopic (exact) mass is 370 g/mol. The molecule has 0 N–H and O–H groups in total.